The zero-order valence-corrected chi connectivity index (χ0v) is 11.1. The molecule has 3 saturated heterocycles. The number of thioether (sulfide) groups is 1. The topological polar surface area (TPSA) is 29.3 Å². The van der Waals surface area contributed by atoms with Gasteiger partial charge in [-0.25, -0.2) is 0 Å². The number of nitrogens with two attached hydrogens (primary N) is 1. The Hall–Kier alpha value is 0.270. The monoisotopic (exact) mass is 240 g/mol. The van der Waals surface area contributed by atoms with Crippen LogP contribution in [0.25, 0.3) is 0 Å². The van der Waals surface area contributed by atoms with E-state index in [0.29, 0.717) is 6.04 Å². The second kappa shape index (κ2) is 4.51. The van der Waals surface area contributed by atoms with E-state index in [2.05, 4.69) is 23.6 Å². The van der Waals surface area contributed by atoms with Gasteiger partial charge in [0, 0.05) is 29.4 Å². The van der Waals surface area contributed by atoms with Crippen LogP contribution in [0.15, 0.2) is 0 Å². The Kier molecular flexibility index (Phi) is 3.20. The van der Waals surface area contributed by atoms with E-state index in [1.165, 1.54) is 44.3 Å². The summed E-state index contributed by atoms with van der Waals surface area (Å²) in [6.45, 7) is 2.43. The highest BCUT2D eigenvalue weighted by atomic mass is 32.2. The minimum Gasteiger partial charge on any atom is -0.328 e. The Balaban J connectivity index is 1.74. The average Bonchev–Trinajstić information content (AvgIpc) is 2.53. The van der Waals surface area contributed by atoms with Crippen molar-refractivity contribution in [1.29, 1.82) is 0 Å². The van der Waals surface area contributed by atoms with Crippen molar-refractivity contribution >= 4 is 11.8 Å². The maximum Gasteiger partial charge on any atom is 0.0218 e. The zero-order chi connectivity index (χ0) is 11.1. The summed E-state index contributed by atoms with van der Waals surface area (Å²) in [6, 6.07) is 2.98. The van der Waals surface area contributed by atoms with Gasteiger partial charge in [-0.3, -0.25) is 4.90 Å². The van der Waals surface area contributed by atoms with E-state index in [1.54, 1.807) is 0 Å². The van der Waals surface area contributed by atoms with Crippen molar-refractivity contribution in [1.82, 2.24) is 4.90 Å². The van der Waals surface area contributed by atoms with Crippen LogP contribution in [-0.4, -0.2) is 40.1 Å². The molecule has 2 nitrogen and oxygen atoms in total. The second-order valence-electron chi connectivity index (χ2n) is 5.85. The Morgan fingerprint density at radius 2 is 1.81 bits per heavy atom. The molecule has 16 heavy (non-hydrogen) atoms. The fraction of sp³-hybridized carbons (Fsp3) is 1.00. The summed E-state index contributed by atoms with van der Waals surface area (Å²) in [5.41, 5.74) is 6.15. The van der Waals surface area contributed by atoms with E-state index in [1.807, 2.05) is 0 Å². The van der Waals surface area contributed by atoms with Gasteiger partial charge >= 0.3 is 0 Å². The third-order valence-electron chi connectivity index (χ3n) is 4.78. The van der Waals surface area contributed by atoms with Crippen LogP contribution in [0.2, 0.25) is 0 Å². The molecular formula is C13H24N2S. The van der Waals surface area contributed by atoms with Crippen molar-refractivity contribution in [2.75, 3.05) is 5.75 Å². The summed E-state index contributed by atoms with van der Waals surface area (Å²) in [5.74, 6) is 1.38. The van der Waals surface area contributed by atoms with Crippen molar-refractivity contribution in [2.24, 2.45) is 5.73 Å². The van der Waals surface area contributed by atoms with Crippen LogP contribution in [0.3, 0.4) is 0 Å². The van der Waals surface area contributed by atoms with Gasteiger partial charge < -0.3 is 5.73 Å². The van der Waals surface area contributed by atoms with Crippen molar-refractivity contribution in [3.05, 3.63) is 0 Å². The average molecular weight is 240 g/mol. The first-order chi connectivity index (χ1) is 7.75. The standard InChI is InChI=1S/C13H24N2S/c1-9-13(3-2-6-16-9)15-11-4-5-12(15)8-10(14)7-11/h9-13H,2-8,14H2,1H3. The molecule has 0 aromatic heterocycles. The normalized spacial score (nSPS) is 49.5. The van der Waals surface area contributed by atoms with Crippen molar-refractivity contribution in [3.63, 3.8) is 0 Å². The molecule has 3 aliphatic rings. The summed E-state index contributed by atoms with van der Waals surface area (Å²) in [6.07, 6.45) is 8.17. The highest BCUT2D eigenvalue weighted by Gasteiger charge is 2.44. The molecule has 3 fully saturated rings. The molecule has 2 bridgehead atoms. The van der Waals surface area contributed by atoms with Crippen LogP contribution in [-0.2, 0) is 0 Å². The van der Waals surface area contributed by atoms with Gasteiger partial charge in [-0.2, -0.15) is 11.8 Å². The predicted molar refractivity (Wildman–Crippen MR) is 70.8 cm³/mol. The molecule has 0 aromatic carbocycles. The number of piperidine rings is 1. The second-order valence-corrected chi connectivity index (χ2v) is 7.33. The van der Waals surface area contributed by atoms with Crippen molar-refractivity contribution in [2.45, 2.75) is 74.9 Å². The first-order valence-electron chi connectivity index (χ1n) is 6.90. The van der Waals surface area contributed by atoms with Crippen LogP contribution >= 0.6 is 11.8 Å². The van der Waals surface area contributed by atoms with Gasteiger partial charge in [0.15, 0.2) is 0 Å². The van der Waals surface area contributed by atoms with E-state index in [-0.39, 0.29) is 0 Å². The Morgan fingerprint density at radius 3 is 2.44 bits per heavy atom. The van der Waals surface area contributed by atoms with Crippen LogP contribution < -0.4 is 5.73 Å². The molecule has 3 aliphatic heterocycles. The SMILES string of the molecule is CC1SCCCC1N1C2CCC1CC(N)C2. The lowest BCUT2D eigenvalue weighted by Crippen LogP contribution is -2.55. The third kappa shape index (κ3) is 1.91. The highest BCUT2D eigenvalue weighted by Crippen LogP contribution is 2.41. The van der Waals surface area contributed by atoms with Crippen LogP contribution in [0.1, 0.15) is 45.4 Å². The molecule has 0 amide bonds. The first-order valence-corrected chi connectivity index (χ1v) is 7.95. The summed E-state index contributed by atoms with van der Waals surface area (Å²) in [4.78, 5) is 2.88. The molecule has 0 radical (unpaired) electrons. The lowest BCUT2D eigenvalue weighted by molar-refractivity contribution is 0.0713. The molecular weight excluding hydrogens is 216 g/mol. The van der Waals surface area contributed by atoms with E-state index in [4.69, 9.17) is 5.73 Å². The van der Waals surface area contributed by atoms with E-state index >= 15 is 0 Å². The third-order valence-corrected chi connectivity index (χ3v) is 6.14. The van der Waals surface area contributed by atoms with Gasteiger partial charge in [0.25, 0.3) is 0 Å². The largest absolute Gasteiger partial charge is 0.328 e. The number of nitrogens with zero attached hydrogens (tertiary/aromatic N) is 1. The smallest absolute Gasteiger partial charge is 0.0218 e. The van der Waals surface area contributed by atoms with E-state index in [0.717, 1.165) is 23.4 Å². The molecule has 0 spiro atoms. The molecule has 92 valence electrons. The molecule has 0 aromatic rings. The molecule has 2 N–H and O–H groups in total. The highest BCUT2D eigenvalue weighted by molar-refractivity contribution is 7.99. The maximum absolute atomic E-state index is 6.15. The van der Waals surface area contributed by atoms with Crippen molar-refractivity contribution < 1.29 is 0 Å². The predicted octanol–water partition coefficient (Wildman–Crippen LogP) is 2.22. The first kappa shape index (κ1) is 11.4. The Bertz CT molecular complexity index is 244. The van der Waals surface area contributed by atoms with Gasteiger partial charge in [-0.15, -0.1) is 0 Å². The number of hydrogen-bond donors (Lipinski definition) is 1. The quantitative estimate of drug-likeness (QED) is 0.762. The Labute approximate surface area is 103 Å². The fourth-order valence-electron chi connectivity index (χ4n) is 4.10. The molecule has 0 saturated carbocycles. The van der Waals surface area contributed by atoms with E-state index < -0.39 is 0 Å². The molecule has 3 heterocycles. The van der Waals surface area contributed by atoms with Gasteiger partial charge in [0.05, 0.1) is 0 Å². The number of fused-ring (bicyclic) bond motifs is 2. The summed E-state index contributed by atoms with van der Waals surface area (Å²) in [7, 11) is 0. The summed E-state index contributed by atoms with van der Waals surface area (Å²) >= 11 is 2.18. The molecule has 4 unspecified atom stereocenters. The number of rotatable bonds is 1. The van der Waals surface area contributed by atoms with Crippen LogP contribution in [0.4, 0.5) is 0 Å². The fourth-order valence-corrected chi connectivity index (χ4v) is 5.30. The number of hydrogen-bond acceptors (Lipinski definition) is 3. The lowest BCUT2D eigenvalue weighted by atomic mass is 9.93. The van der Waals surface area contributed by atoms with Crippen LogP contribution in [0, 0.1) is 0 Å². The molecule has 3 heteroatoms. The molecule has 0 aliphatic carbocycles. The maximum atomic E-state index is 6.15. The molecule has 3 rings (SSSR count). The van der Waals surface area contributed by atoms with Gasteiger partial charge in [0.2, 0.25) is 0 Å². The summed E-state index contributed by atoms with van der Waals surface area (Å²) < 4.78 is 0. The van der Waals surface area contributed by atoms with Crippen molar-refractivity contribution in [3.8, 4) is 0 Å². The minimum atomic E-state index is 0.486. The Morgan fingerprint density at radius 1 is 1.12 bits per heavy atom. The summed E-state index contributed by atoms with van der Waals surface area (Å²) in [5, 5.41) is 0.839. The van der Waals surface area contributed by atoms with Gasteiger partial charge in [-0.05, 0) is 44.3 Å². The lowest BCUT2D eigenvalue weighted by Gasteiger charge is -2.46. The zero-order valence-electron chi connectivity index (χ0n) is 10.3. The van der Waals surface area contributed by atoms with Gasteiger partial charge in [-0.1, -0.05) is 6.92 Å². The minimum absolute atomic E-state index is 0.486. The van der Waals surface area contributed by atoms with Crippen LogP contribution in [0.5, 0.6) is 0 Å². The van der Waals surface area contributed by atoms with Gasteiger partial charge in [0.1, 0.15) is 0 Å². The van der Waals surface area contributed by atoms with E-state index in [9.17, 15) is 0 Å². The molecule has 4 atom stereocenters.